The molecule has 0 bridgehead atoms. The second kappa shape index (κ2) is 7.52. The number of non-ortho nitro benzene ring substituents is 1. The van der Waals surface area contributed by atoms with E-state index in [9.17, 15) is 10.1 Å². The summed E-state index contributed by atoms with van der Waals surface area (Å²) in [4.78, 5) is 10.3. The molecule has 0 aliphatic rings. The number of nitro groups is 1. The van der Waals surface area contributed by atoms with Crippen LogP contribution in [0.25, 0.3) is 0 Å². The van der Waals surface area contributed by atoms with Crippen LogP contribution in [-0.4, -0.2) is 4.92 Å². The predicted octanol–water partition coefficient (Wildman–Crippen LogP) is 4.83. The fraction of sp³-hybridized carbons (Fsp3) is 0.375. The molecule has 102 valence electrons. The van der Waals surface area contributed by atoms with Crippen LogP contribution in [0.1, 0.15) is 39.2 Å². The minimum absolute atomic E-state index is 0.160. The number of allylic oxidation sites excluding steroid dienone is 4. The highest BCUT2D eigenvalue weighted by Gasteiger charge is 2.04. The highest BCUT2D eigenvalue weighted by atomic mass is 16.6. The van der Waals surface area contributed by atoms with Crippen molar-refractivity contribution in [3.8, 4) is 0 Å². The number of hydrogen-bond donors (Lipinski definition) is 0. The van der Waals surface area contributed by atoms with Crippen LogP contribution < -0.4 is 0 Å². The van der Waals surface area contributed by atoms with E-state index < -0.39 is 0 Å². The van der Waals surface area contributed by atoms with Crippen LogP contribution in [0.15, 0.2) is 47.6 Å². The van der Waals surface area contributed by atoms with Gasteiger partial charge in [-0.1, -0.05) is 35.4 Å². The third-order valence-electron chi connectivity index (χ3n) is 2.90. The van der Waals surface area contributed by atoms with E-state index in [2.05, 4.69) is 32.9 Å². The lowest BCUT2D eigenvalue weighted by molar-refractivity contribution is -0.384. The predicted molar refractivity (Wildman–Crippen MR) is 79.2 cm³/mol. The molecule has 0 atom stereocenters. The van der Waals surface area contributed by atoms with Gasteiger partial charge in [0.25, 0.3) is 5.69 Å². The molecule has 0 radical (unpaired) electrons. The molecule has 1 rings (SSSR count). The largest absolute Gasteiger partial charge is 0.269 e. The summed E-state index contributed by atoms with van der Waals surface area (Å²) in [5, 5.41) is 10.7. The maximum atomic E-state index is 10.7. The smallest absolute Gasteiger partial charge is 0.258 e. The first-order chi connectivity index (χ1) is 8.99. The van der Waals surface area contributed by atoms with Gasteiger partial charge in [0.2, 0.25) is 0 Å². The molecule has 1 aromatic carbocycles. The van der Waals surface area contributed by atoms with Crippen molar-refractivity contribution >= 4 is 5.69 Å². The first kappa shape index (κ1) is 15.2. The third-order valence-corrected chi connectivity index (χ3v) is 2.90. The molecule has 19 heavy (non-hydrogen) atoms. The third kappa shape index (κ3) is 6.00. The van der Waals surface area contributed by atoms with Gasteiger partial charge >= 0.3 is 0 Å². The van der Waals surface area contributed by atoms with Gasteiger partial charge in [0.1, 0.15) is 0 Å². The van der Waals surface area contributed by atoms with Gasteiger partial charge in [-0.2, -0.15) is 0 Å². The van der Waals surface area contributed by atoms with Crippen LogP contribution in [0.4, 0.5) is 5.69 Å². The fourth-order valence-corrected chi connectivity index (χ4v) is 1.78. The Bertz CT molecular complexity index is 497. The monoisotopic (exact) mass is 259 g/mol. The van der Waals surface area contributed by atoms with Gasteiger partial charge in [-0.05, 0) is 45.6 Å². The van der Waals surface area contributed by atoms with Crippen molar-refractivity contribution in [1.82, 2.24) is 0 Å². The molecular formula is C16H21NO2. The minimum Gasteiger partial charge on any atom is -0.258 e. The first-order valence-corrected chi connectivity index (χ1v) is 6.51. The van der Waals surface area contributed by atoms with Crippen LogP contribution in [0.3, 0.4) is 0 Å². The van der Waals surface area contributed by atoms with E-state index in [0.717, 1.165) is 24.8 Å². The van der Waals surface area contributed by atoms with Gasteiger partial charge in [-0.25, -0.2) is 0 Å². The zero-order valence-corrected chi connectivity index (χ0v) is 11.8. The average molecular weight is 259 g/mol. The van der Waals surface area contributed by atoms with Crippen LogP contribution in [0.5, 0.6) is 0 Å². The normalized spacial score (nSPS) is 11.2. The highest BCUT2D eigenvalue weighted by molar-refractivity contribution is 5.35. The van der Waals surface area contributed by atoms with Crippen molar-refractivity contribution in [1.29, 1.82) is 0 Å². The lowest BCUT2D eigenvalue weighted by Crippen LogP contribution is -1.90. The molecule has 0 fully saturated rings. The average Bonchev–Trinajstić information content (AvgIpc) is 2.36. The van der Waals surface area contributed by atoms with E-state index in [0.29, 0.717) is 0 Å². The Morgan fingerprint density at radius 1 is 1.26 bits per heavy atom. The summed E-state index contributed by atoms with van der Waals surface area (Å²) in [6.45, 7) is 6.31. The molecule has 0 saturated heterocycles. The zero-order chi connectivity index (χ0) is 14.3. The summed E-state index contributed by atoms with van der Waals surface area (Å²) in [6, 6.07) is 6.82. The molecule has 0 amide bonds. The highest BCUT2D eigenvalue weighted by Crippen LogP contribution is 2.15. The van der Waals surface area contributed by atoms with E-state index in [1.165, 1.54) is 17.2 Å². The number of nitrogens with zero attached hydrogens (tertiary/aromatic N) is 1. The zero-order valence-electron chi connectivity index (χ0n) is 11.8. The van der Waals surface area contributed by atoms with E-state index in [1.54, 1.807) is 12.1 Å². The van der Waals surface area contributed by atoms with Gasteiger partial charge in [0.15, 0.2) is 0 Å². The topological polar surface area (TPSA) is 43.1 Å². The molecule has 0 saturated carbocycles. The molecule has 0 aromatic heterocycles. The molecule has 3 heteroatoms. The van der Waals surface area contributed by atoms with Gasteiger partial charge in [-0.3, -0.25) is 10.1 Å². The number of nitro benzene ring substituents is 1. The van der Waals surface area contributed by atoms with Gasteiger partial charge < -0.3 is 0 Å². The summed E-state index contributed by atoms with van der Waals surface area (Å²) >= 11 is 0. The Morgan fingerprint density at radius 2 is 2.00 bits per heavy atom. The van der Waals surface area contributed by atoms with Gasteiger partial charge in [-0.15, -0.1) is 0 Å². The van der Waals surface area contributed by atoms with Crippen molar-refractivity contribution in [2.24, 2.45) is 0 Å². The molecule has 0 unspecified atom stereocenters. The summed E-state index contributed by atoms with van der Waals surface area (Å²) in [6.07, 6.45) is 7.23. The van der Waals surface area contributed by atoms with Crippen LogP contribution >= 0.6 is 0 Å². The summed E-state index contributed by atoms with van der Waals surface area (Å²) in [5.74, 6) is 0. The van der Waals surface area contributed by atoms with Crippen molar-refractivity contribution in [2.45, 2.75) is 40.0 Å². The summed E-state index contributed by atoms with van der Waals surface area (Å²) in [7, 11) is 0. The maximum Gasteiger partial charge on any atom is 0.269 e. The van der Waals surface area contributed by atoms with Crippen LogP contribution in [0.2, 0.25) is 0 Å². The number of benzene rings is 1. The molecule has 1 aromatic rings. The summed E-state index contributed by atoms with van der Waals surface area (Å²) in [5.41, 5.74) is 3.80. The fourth-order valence-electron chi connectivity index (χ4n) is 1.78. The van der Waals surface area contributed by atoms with E-state index in [1.807, 2.05) is 6.07 Å². The standard InChI is InChI=1S/C16H21NO2/c1-13(2)6-4-7-14(3)10-11-15-8-5-9-16(12-15)17(18)19/h5-6,8-10,12H,4,7,11H2,1-3H3/b14-10+. The molecule has 0 spiro atoms. The van der Waals surface area contributed by atoms with Crippen molar-refractivity contribution in [3.63, 3.8) is 0 Å². The Hall–Kier alpha value is -1.90. The SMILES string of the molecule is CC(C)=CCC/C(C)=C/Cc1cccc([N+](=O)[O-])c1. The van der Waals surface area contributed by atoms with E-state index >= 15 is 0 Å². The molecule has 0 aliphatic heterocycles. The van der Waals surface area contributed by atoms with Crippen molar-refractivity contribution < 1.29 is 4.92 Å². The lowest BCUT2D eigenvalue weighted by atomic mass is 10.1. The minimum atomic E-state index is -0.352. The Morgan fingerprint density at radius 3 is 2.63 bits per heavy atom. The Kier molecular flexibility index (Phi) is 6.00. The molecule has 0 heterocycles. The number of hydrogen-bond acceptors (Lipinski definition) is 2. The maximum absolute atomic E-state index is 10.7. The molecule has 0 aliphatic carbocycles. The Balaban J connectivity index is 2.57. The first-order valence-electron chi connectivity index (χ1n) is 6.51. The Labute approximate surface area is 114 Å². The quantitative estimate of drug-likeness (QED) is 0.417. The second-order valence-corrected chi connectivity index (χ2v) is 5.00. The lowest BCUT2D eigenvalue weighted by Gasteiger charge is -2.01. The van der Waals surface area contributed by atoms with Crippen LogP contribution in [-0.2, 0) is 6.42 Å². The van der Waals surface area contributed by atoms with E-state index in [-0.39, 0.29) is 10.6 Å². The molecule has 3 nitrogen and oxygen atoms in total. The molecule has 0 N–H and O–H groups in total. The van der Waals surface area contributed by atoms with Crippen LogP contribution in [0, 0.1) is 10.1 Å². The van der Waals surface area contributed by atoms with Gasteiger partial charge in [0.05, 0.1) is 4.92 Å². The van der Waals surface area contributed by atoms with E-state index in [4.69, 9.17) is 0 Å². The van der Waals surface area contributed by atoms with Crippen molar-refractivity contribution in [2.75, 3.05) is 0 Å². The van der Waals surface area contributed by atoms with Gasteiger partial charge in [0, 0.05) is 12.1 Å². The van der Waals surface area contributed by atoms with Crippen molar-refractivity contribution in [3.05, 3.63) is 63.2 Å². The summed E-state index contributed by atoms with van der Waals surface area (Å²) < 4.78 is 0. The molecular weight excluding hydrogens is 238 g/mol. The number of rotatable bonds is 6. The second-order valence-electron chi connectivity index (χ2n) is 5.00.